The normalized spacial score (nSPS) is 19.0. The first-order valence-corrected chi connectivity index (χ1v) is 4.85. The van der Waals surface area contributed by atoms with Gasteiger partial charge in [-0.3, -0.25) is 0 Å². The molecule has 3 N–H and O–H groups in total. The van der Waals surface area contributed by atoms with Gasteiger partial charge in [-0.15, -0.1) is 0 Å². The fourth-order valence-corrected chi connectivity index (χ4v) is 1.55. The second kappa shape index (κ2) is 4.09. The molecule has 1 heterocycles. The van der Waals surface area contributed by atoms with Crippen LogP contribution in [0.5, 0.6) is 0 Å². The van der Waals surface area contributed by atoms with Crippen LogP contribution in [0.4, 0.5) is 0 Å². The second-order valence-corrected chi connectivity index (χ2v) is 3.69. The van der Waals surface area contributed by atoms with Gasteiger partial charge in [0.1, 0.15) is 0 Å². The Morgan fingerprint density at radius 1 is 1.36 bits per heavy atom. The number of rotatable bonds is 3. The van der Waals surface area contributed by atoms with E-state index in [1.165, 1.54) is 5.56 Å². The first kappa shape index (κ1) is 9.65. The summed E-state index contributed by atoms with van der Waals surface area (Å²) >= 11 is 0. The highest BCUT2D eigenvalue weighted by Gasteiger charge is 2.20. The Morgan fingerprint density at radius 3 is 2.43 bits per heavy atom. The molecule has 0 aliphatic carbocycles. The van der Waals surface area contributed by atoms with E-state index in [1.807, 2.05) is 12.1 Å². The summed E-state index contributed by atoms with van der Waals surface area (Å²) in [6, 6.07) is 7.83. The van der Waals surface area contributed by atoms with Gasteiger partial charge >= 0.3 is 0 Å². The zero-order valence-electron chi connectivity index (χ0n) is 8.02. The number of nitrogens with two attached hydrogens (primary N) is 1. The molecule has 0 radical (unpaired) electrons. The van der Waals surface area contributed by atoms with E-state index in [2.05, 4.69) is 12.1 Å². The zero-order valence-corrected chi connectivity index (χ0v) is 8.02. The molecule has 1 fully saturated rings. The van der Waals surface area contributed by atoms with Crippen molar-refractivity contribution in [1.29, 1.82) is 0 Å². The van der Waals surface area contributed by atoms with E-state index < -0.39 is 0 Å². The summed E-state index contributed by atoms with van der Waals surface area (Å²) in [6.45, 7) is 1.64. The van der Waals surface area contributed by atoms with E-state index in [4.69, 9.17) is 15.6 Å². The maximum atomic E-state index is 8.88. The van der Waals surface area contributed by atoms with Crippen LogP contribution in [0.1, 0.15) is 23.1 Å². The van der Waals surface area contributed by atoms with Crippen molar-refractivity contribution in [2.45, 2.75) is 12.0 Å². The number of ether oxygens (including phenoxy) is 1. The molecule has 0 amide bonds. The minimum Gasteiger partial charge on any atom is -0.394 e. The number of aliphatic hydroxyl groups excluding tert-OH is 1. The van der Waals surface area contributed by atoms with Gasteiger partial charge < -0.3 is 15.6 Å². The van der Waals surface area contributed by atoms with Gasteiger partial charge in [-0.25, -0.2) is 0 Å². The predicted molar refractivity (Wildman–Crippen MR) is 54.0 cm³/mol. The molecule has 0 spiro atoms. The predicted octanol–water partition coefficient (Wildman–Crippen LogP) is 0.792. The van der Waals surface area contributed by atoms with Crippen LogP contribution in [-0.2, 0) is 4.74 Å². The van der Waals surface area contributed by atoms with Gasteiger partial charge in [-0.1, -0.05) is 24.3 Å². The van der Waals surface area contributed by atoms with Crippen LogP contribution in [-0.4, -0.2) is 24.9 Å². The fourth-order valence-electron chi connectivity index (χ4n) is 1.55. The standard InChI is InChI=1S/C11H15NO2/c12-11(5-13)9-3-1-8(2-4-9)10-6-14-7-10/h1-4,10-11,13H,5-7,12H2. The molecule has 2 rings (SSSR count). The van der Waals surface area contributed by atoms with E-state index in [9.17, 15) is 0 Å². The third kappa shape index (κ3) is 1.80. The number of benzene rings is 1. The number of aliphatic hydroxyl groups is 1. The van der Waals surface area contributed by atoms with Crippen LogP contribution < -0.4 is 5.73 Å². The van der Waals surface area contributed by atoms with Crippen LogP contribution >= 0.6 is 0 Å². The van der Waals surface area contributed by atoms with Gasteiger partial charge in [-0.2, -0.15) is 0 Å². The molecule has 14 heavy (non-hydrogen) atoms. The highest BCUT2D eigenvalue weighted by Crippen LogP contribution is 2.24. The third-order valence-electron chi connectivity index (χ3n) is 2.67. The summed E-state index contributed by atoms with van der Waals surface area (Å²) in [6.07, 6.45) is 0. The Bertz CT molecular complexity index is 269. The van der Waals surface area contributed by atoms with Crippen molar-refractivity contribution < 1.29 is 9.84 Å². The molecule has 3 nitrogen and oxygen atoms in total. The molecule has 0 bridgehead atoms. The highest BCUT2D eigenvalue weighted by molar-refractivity contribution is 5.28. The van der Waals surface area contributed by atoms with Crippen molar-refractivity contribution in [2.75, 3.05) is 19.8 Å². The van der Waals surface area contributed by atoms with E-state index in [-0.39, 0.29) is 12.6 Å². The van der Waals surface area contributed by atoms with Gasteiger partial charge in [-0.05, 0) is 11.1 Å². The van der Waals surface area contributed by atoms with Crippen molar-refractivity contribution in [1.82, 2.24) is 0 Å². The summed E-state index contributed by atoms with van der Waals surface area (Å²) in [5, 5.41) is 8.88. The van der Waals surface area contributed by atoms with Gasteiger partial charge in [0.15, 0.2) is 0 Å². The molecule has 1 aromatic carbocycles. The summed E-state index contributed by atoms with van der Waals surface area (Å²) in [7, 11) is 0. The van der Waals surface area contributed by atoms with Crippen LogP contribution in [0, 0.1) is 0 Å². The van der Waals surface area contributed by atoms with Crippen molar-refractivity contribution in [3.8, 4) is 0 Å². The first-order valence-electron chi connectivity index (χ1n) is 4.85. The molecular weight excluding hydrogens is 178 g/mol. The highest BCUT2D eigenvalue weighted by atomic mass is 16.5. The lowest BCUT2D eigenvalue weighted by molar-refractivity contribution is 0.00841. The lowest BCUT2D eigenvalue weighted by Gasteiger charge is -2.26. The summed E-state index contributed by atoms with van der Waals surface area (Å²) in [5.74, 6) is 0.550. The summed E-state index contributed by atoms with van der Waals surface area (Å²) in [5.41, 5.74) is 7.97. The third-order valence-corrected chi connectivity index (χ3v) is 2.67. The van der Waals surface area contributed by atoms with Gasteiger partial charge in [0, 0.05) is 5.92 Å². The average molecular weight is 193 g/mol. The number of hydrogen-bond acceptors (Lipinski definition) is 3. The van der Waals surface area contributed by atoms with Gasteiger partial charge in [0.05, 0.1) is 25.9 Å². The van der Waals surface area contributed by atoms with Crippen molar-refractivity contribution in [3.05, 3.63) is 35.4 Å². The molecule has 1 aromatic rings. The lowest BCUT2D eigenvalue weighted by Crippen LogP contribution is -2.25. The molecule has 1 atom stereocenters. The fraction of sp³-hybridized carbons (Fsp3) is 0.455. The Balaban J connectivity index is 2.09. The molecule has 76 valence electrons. The largest absolute Gasteiger partial charge is 0.394 e. The molecule has 0 saturated carbocycles. The Morgan fingerprint density at radius 2 is 2.00 bits per heavy atom. The first-order chi connectivity index (χ1) is 6.81. The molecule has 1 unspecified atom stereocenters. The van der Waals surface area contributed by atoms with E-state index >= 15 is 0 Å². The SMILES string of the molecule is NC(CO)c1ccc(C2COC2)cc1. The minimum atomic E-state index is -0.262. The van der Waals surface area contributed by atoms with Gasteiger partial charge in [0.2, 0.25) is 0 Å². The quantitative estimate of drug-likeness (QED) is 0.746. The van der Waals surface area contributed by atoms with E-state index in [0.29, 0.717) is 5.92 Å². The van der Waals surface area contributed by atoms with Crippen molar-refractivity contribution in [3.63, 3.8) is 0 Å². The molecule has 0 aromatic heterocycles. The van der Waals surface area contributed by atoms with Crippen molar-refractivity contribution >= 4 is 0 Å². The maximum Gasteiger partial charge on any atom is 0.0624 e. The van der Waals surface area contributed by atoms with Crippen LogP contribution in [0.3, 0.4) is 0 Å². The summed E-state index contributed by atoms with van der Waals surface area (Å²) in [4.78, 5) is 0. The summed E-state index contributed by atoms with van der Waals surface area (Å²) < 4.78 is 5.12. The second-order valence-electron chi connectivity index (χ2n) is 3.69. The molecule has 1 aliphatic rings. The minimum absolute atomic E-state index is 0.00805. The van der Waals surface area contributed by atoms with E-state index in [0.717, 1.165) is 18.8 Å². The van der Waals surface area contributed by atoms with Crippen LogP contribution in [0.25, 0.3) is 0 Å². The Labute approximate surface area is 83.5 Å². The average Bonchev–Trinajstić information content (AvgIpc) is 2.15. The van der Waals surface area contributed by atoms with Gasteiger partial charge in [0.25, 0.3) is 0 Å². The van der Waals surface area contributed by atoms with Crippen LogP contribution in [0.2, 0.25) is 0 Å². The maximum absolute atomic E-state index is 8.88. The Hall–Kier alpha value is -0.900. The monoisotopic (exact) mass is 193 g/mol. The molecule has 1 saturated heterocycles. The van der Waals surface area contributed by atoms with Crippen LogP contribution in [0.15, 0.2) is 24.3 Å². The van der Waals surface area contributed by atoms with E-state index in [1.54, 1.807) is 0 Å². The number of hydrogen-bond donors (Lipinski definition) is 2. The molecule has 1 aliphatic heterocycles. The molecular formula is C11H15NO2. The smallest absolute Gasteiger partial charge is 0.0624 e. The molecule has 3 heteroatoms. The topological polar surface area (TPSA) is 55.5 Å². The lowest BCUT2D eigenvalue weighted by atomic mass is 9.95. The Kier molecular flexibility index (Phi) is 2.82. The zero-order chi connectivity index (χ0) is 9.97. The van der Waals surface area contributed by atoms with Crippen molar-refractivity contribution in [2.24, 2.45) is 5.73 Å².